The first-order valence-electron chi connectivity index (χ1n) is 7.66. The molecule has 8 heteroatoms. The molecule has 6 nitrogen and oxygen atoms in total. The van der Waals surface area contributed by atoms with E-state index in [-0.39, 0.29) is 29.2 Å². The SMILES string of the molecule is Cc1ccccc1-n1ccnc1SCC(=O)NC1CCS(=O)(=O)C1. The van der Waals surface area contributed by atoms with Crippen LogP contribution in [0.1, 0.15) is 12.0 Å². The topological polar surface area (TPSA) is 81.1 Å². The van der Waals surface area contributed by atoms with E-state index in [2.05, 4.69) is 10.3 Å². The summed E-state index contributed by atoms with van der Waals surface area (Å²) >= 11 is 1.34. The van der Waals surface area contributed by atoms with Crippen LogP contribution in [0.15, 0.2) is 41.8 Å². The largest absolute Gasteiger partial charge is 0.352 e. The zero-order valence-corrected chi connectivity index (χ0v) is 14.9. The fourth-order valence-corrected chi connectivity index (χ4v) is 5.17. The molecular weight excluding hydrogens is 346 g/mol. The van der Waals surface area contributed by atoms with Gasteiger partial charge in [0.05, 0.1) is 22.9 Å². The van der Waals surface area contributed by atoms with Crippen LogP contribution in [0.25, 0.3) is 5.69 Å². The molecule has 0 aliphatic carbocycles. The Morgan fingerprint density at radius 3 is 2.92 bits per heavy atom. The zero-order valence-electron chi connectivity index (χ0n) is 13.3. The van der Waals surface area contributed by atoms with Crippen LogP contribution in [0.4, 0.5) is 0 Å². The minimum atomic E-state index is -2.98. The van der Waals surface area contributed by atoms with Gasteiger partial charge in [0.2, 0.25) is 5.91 Å². The Hall–Kier alpha value is -1.80. The number of nitrogens with zero attached hydrogens (tertiary/aromatic N) is 2. The fourth-order valence-electron chi connectivity index (χ4n) is 2.72. The molecule has 0 saturated carbocycles. The Labute approximate surface area is 145 Å². The molecule has 1 amide bonds. The quantitative estimate of drug-likeness (QED) is 0.814. The highest BCUT2D eigenvalue weighted by molar-refractivity contribution is 7.99. The Balaban J connectivity index is 1.61. The Kier molecular flexibility index (Phi) is 4.96. The highest BCUT2D eigenvalue weighted by Gasteiger charge is 2.28. The van der Waals surface area contributed by atoms with Crippen molar-refractivity contribution in [1.82, 2.24) is 14.9 Å². The number of para-hydroxylation sites is 1. The Morgan fingerprint density at radius 1 is 1.42 bits per heavy atom. The summed E-state index contributed by atoms with van der Waals surface area (Å²) in [5.74, 6) is 0.241. The second-order valence-corrected chi connectivity index (χ2v) is 8.99. The minimum Gasteiger partial charge on any atom is -0.352 e. The lowest BCUT2D eigenvalue weighted by Gasteiger charge is -2.12. The van der Waals surface area contributed by atoms with Crippen molar-refractivity contribution < 1.29 is 13.2 Å². The van der Waals surface area contributed by atoms with Crippen molar-refractivity contribution in [2.75, 3.05) is 17.3 Å². The molecule has 24 heavy (non-hydrogen) atoms. The van der Waals surface area contributed by atoms with E-state index in [0.29, 0.717) is 6.42 Å². The maximum atomic E-state index is 12.1. The summed E-state index contributed by atoms with van der Waals surface area (Å²) < 4.78 is 24.8. The first-order valence-corrected chi connectivity index (χ1v) is 10.5. The number of aromatic nitrogens is 2. The van der Waals surface area contributed by atoms with E-state index in [0.717, 1.165) is 16.4 Å². The number of aryl methyl sites for hydroxylation is 1. The number of imidazole rings is 1. The van der Waals surface area contributed by atoms with E-state index in [1.54, 1.807) is 6.20 Å². The minimum absolute atomic E-state index is 0.0429. The zero-order chi connectivity index (χ0) is 17.2. The van der Waals surface area contributed by atoms with Gasteiger partial charge in [-0.1, -0.05) is 30.0 Å². The van der Waals surface area contributed by atoms with Crippen LogP contribution < -0.4 is 5.32 Å². The number of carbonyl (C=O) groups is 1. The molecule has 1 saturated heterocycles. The molecular formula is C16H19N3O3S2. The average Bonchev–Trinajstić information content (AvgIpc) is 3.12. The smallest absolute Gasteiger partial charge is 0.230 e. The van der Waals surface area contributed by atoms with Crippen molar-refractivity contribution in [3.63, 3.8) is 0 Å². The van der Waals surface area contributed by atoms with E-state index >= 15 is 0 Å². The summed E-state index contributed by atoms with van der Waals surface area (Å²) in [6.07, 6.45) is 4.07. The molecule has 1 aliphatic rings. The van der Waals surface area contributed by atoms with Crippen molar-refractivity contribution in [3.05, 3.63) is 42.2 Å². The van der Waals surface area contributed by atoms with Crippen LogP contribution in [0.2, 0.25) is 0 Å². The molecule has 0 bridgehead atoms. The van der Waals surface area contributed by atoms with Crippen LogP contribution in [0.3, 0.4) is 0 Å². The number of benzene rings is 1. The summed E-state index contributed by atoms with van der Waals surface area (Å²) in [6.45, 7) is 2.02. The van der Waals surface area contributed by atoms with E-state index in [1.165, 1.54) is 11.8 Å². The van der Waals surface area contributed by atoms with Gasteiger partial charge in [-0.25, -0.2) is 13.4 Å². The first-order chi connectivity index (χ1) is 11.4. The molecule has 1 atom stereocenters. The van der Waals surface area contributed by atoms with Gasteiger partial charge in [0.1, 0.15) is 0 Å². The normalized spacial score (nSPS) is 19.3. The van der Waals surface area contributed by atoms with Gasteiger partial charge in [-0.15, -0.1) is 0 Å². The van der Waals surface area contributed by atoms with Crippen molar-refractivity contribution in [2.45, 2.75) is 24.5 Å². The molecule has 1 aliphatic heterocycles. The number of carbonyl (C=O) groups excluding carboxylic acids is 1. The number of thioether (sulfide) groups is 1. The monoisotopic (exact) mass is 365 g/mol. The Morgan fingerprint density at radius 2 is 2.21 bits per heavy atom. The van der Waals surface area contributed by atoms with E-state index < -0.39 is 9.84 Å². The second-order valence-electron chi connectivity index (χ2n) is 5.82. The first kappa shape index (κ1) is 17.0. The number of hydrogen-bond donors (Lipinski definition) is 1. The lowest BCUT2D eigenvalue weighted by atomic mass is 10.2. The van der Waals surface area contributed by atoms with Gasteiger partial charge >= 0.3 is 0 Å². The number of amides is 1. The van der Waals surface area contributed by atoms with E-state index in [1.807, 2.05) is 42.0 Å². The molecule has 0 spiro atoms. The molecule has 2 heterocycles. The van der Waals surface area contributed by atoms with Gasteiger partial charge in [-0.3, -0.25) is 9.36 Å². The van der Waals surface area contributed by atoms with Gasteiger partial charge in [-0.05, 0) is 25.0 Å². The van der Waals surface area contributed by atoms with Gasteiger partial charge in [0.25, 0.3) is 0 Å². The molecule has 1 N–H and O–H groups in total. The summed E-state index contributed by atoms with van der Waals surface area (Å²) in [6, 6.07) is 7.70. The van der Waals surface area contributed by atoms with Crippen LogP contribution in [-0.4, -0.2) is 47.2 Å². The van der Waals surface area contributed by atoms with Crippen molar-refractivity contribution in [3.8, 4) is 5.69 Å². The summed E-state index contributed by atoms with van der Waals surface area (Å²) in [4.78, 5) is 16.4. The predicted molar refractivity (Wildman–Crippen MR) is 94.2 cm³/mol. The molecule has 1 aromatic heterocycles. The number of nitrogens with one attached hydrogen (secondary N) is 1. The van der Waals surface area contributed by atoms with Gasteiger partial charge in [0.15, 0.2) is 15.0 Å². The molecule has 2 aromatic rings. The number of rotatable bonds is 5. The molecule has 1 fully saturated rings. The van der Waals surface area contributed by atoms with E-state index in [9.17, 15) is 13.2 Å². The van der Waals surface area contributed by atoms with E-state index in [4.69, 9.17) is 0 Å². The third-order valence-electron chi connectivity index (χ3n) is 3.91. The van der Waals surface area contributed by atoms with Gasteiger partial charge in [0, 0.05) is 18.4 Å². The summed E-state index contributed by atoms with van der Waals surface area (Å²) in [5.41, 5.74) is 2.15. The maximum absolute atomic E-state index is 12.1. The lowest BCUT2D eigenvalue weighted by molar-refractivity contribution is -0.119. The molecule has 3 rings (SSSR count). The van der Waals surface area contributed by atoms with Crippen LogP contribution in [0, 0.1) is 6.92 Å². The third-order valence-corrected chi connectivity index (χ3v) is 6.65. The van der Waals surface area contributed by atoms with Crippen LogP contribution in [0.5, 0.6) is 0 Å². The average molecular weight is 365 g/mol. The lowest BCUT2D eigenvalue weighted by Crippen LogP contribution is -2.36. The standard InChI is InChI=1S/C16H19N3O3S2/c1-12-4-2-3-5-14(12)19-8-7-17-16(19)23-10-15(20)18-13-6-9-24(21,22)11-13/h2-5,7-8,13H,6,9-11H2,1H3,(H,18,20). The Bertz CT molecular complexity index is 846. The highest BCUT2D eigenvalue weighted by atomic mass is 32.2. The maximum Gasteiger partial charge on any atom is 0.230 e. The van der Waals surface area contributed by atoms with Crippen LogP contribution >= 0.6 is 11.8 Å². The summed E-state index contributed by atoms with van der Waals surface area (Å²) in [5, 5.41) is 3.53. The molecule has 128 valence electrons. The van der Waals surface area contributed by atoms with Crippen molar-refractivity contribution in [1.29, 1.82) is 0 Å². The van der Waals surface area contributed by atoms with Gasteiger partial charge in [-0.2, -0.15) is 0 Å². The van der Waals surface area contributed by atoms with Gasteiger partial charge < -0.3 is 5.32 Å². The highest BCUT2D eigenvalue weighted by Crippen LogP contribution is 2.22. The van der Waals surface area contributed by atoms with Crippen molar-refractivity contribution >= 4 is 27.5 Å². The van der Waals surface area contributed by atoms with Crippen LogP contribution in [-0.2, 0) is 14.6 Å². The number of hydrogen-bond acceptors (Lipinski definition) is 5. The molecule has 0 radical (unpaired) electrons. The third kappa shape index (κ3) is 3.99. The fraction of sp³-hybridized carbons (Fsp3) is 0.375. The number of sulfone groups is 1. The molecule has 1 unspecified atom stereocenters. The second kappa shape index (κ2) is 6.98. The van der Waals surface area contributed by atoms with Crippen molar-refractivity contribution in [2.24, 2.45) is 0 Å². The predicted octanol–water partition coefficient (Wildman–Crippen LogP) is 1.58. The summed E-state index contributed by atoms with van der Waals surface area (Å²) in [7, 11) is -2.98. The molecule has 1 aromatic carbocycles.